The molecule has 1 heterocycles. The fraction of sp³-hybridized carbons (Fsp3) is 0.400. The highest BCUT2D eigenvalue weighted by Gasteiger charge is 2.52. The predicted octanol–water partition coefficient (Wildman–Crippen LogP) is 5.71. The van der Waals surface area contributed by atoms with Crippen LogP contribution in [0.1, 0.15) is 54.6 Å². The van der Waals surface area contributed by atoms with E-state index in [2.05, 4.69) is 11.1 Å². The quantitative estimate of drug-likeness (QED) is 0.539. The Hall–Kier alpha value is -2.75. The highest BCUT2D eigenvalue weighted by molar-refractivity contribution is 5.95. The number of H-pyrrole nitrogens is 1. The maximum absolute atomic E-state index is 11.3. The molecule has 148 valence electrons. The van der Waals surface area contributed by atoms with Gasteiger partial charge in [-0.25, -0.2) is 4.79 Å². The Labute approximate surface area is 169 Å². The first-order chi connectivity index (χ1) is 14.0. The molecule has 4 saturated carbocycles. The minimum absolute atomic E-state index is 0.142. The number of phenols is 1. The third kappa shape index (κ3) is 2.61. The molecule has 4 aliphatic carbocycles. The number of phenolic OH excluding ortho intramolecular Hbond substituents is 1. The Morgan fingerprint density at radius 3 is 2.17 bits per heavy atom. The number of hydrogen-bond donors (Lipinski definition) is 3. The number of fused-ring (bicyclic) bond motifs is 1. The maximum atomic E-state index is 11.3. The Morgan fingerprint density at radius 2 is 1.52 bits per heavy atom. The zero-order valence-corrected chi connectivity index (χ0v) is 16.3. The van der Waals surface area contributed by atoms with E-state index in [1.165, 1.54) is 38.5 Å². The minimum atomic E-state index is -0.948. The van der Waals surface area contributed by atoms with Gasteiger partial charge in [-0.05, 0) is 103 Å². The normalized spacial score (nSPS) is 30.1. The lowest BCUT2D eigenvalue weighted by molar-refractivity contribution is -0.00611. The first-order valence-corrected chi connectivity index (χ1v) is 10.7. The van der Waals surface area contributed by atoms with Crippen molar-refractivity contribution >= 4 is 16.9 Å². The van der Waals surface area contributed by atoms with Gasteiger partial charge in [-0.15, -0.1) is 0 Å². The Morgan fingerprint density at radius 1 is 0.897 bits per heavy atom. The standard InChI is InChI=1S/C25H25NO3/c27-23-4-2-18(17-1-3-21-19(8-17)10-22(26-21)24(28)29)9-20(23)25-11-14-5-15(12-25)7-16(6-14)13-25/h1-4,8-10,14-16,26-27H,5-7,11-13H2,(H,28,29). The number of aromatic nitrogens is 1. The second-order valence-corrected chi connectivity index (χ2v) is 9.72. The molecule has 0 atom stereocenters. The molecule has 1 aromatic heterocycles. The van der Waals surface area contributed by atoms with E-state index in [1.807, 2.05) is 30.3 Å². The van der Waals surface area contributed by atoms with Crippen LogP contribution in [0.4, 0.5) is 0 Å². The second kappa shape index (κ2) is 5.88. The molecule has 4 heteroatoms. The van der Waals surface area contributed by atoms with Gasteiger partial charge in [0.15, 0.2) is 0 Å². The summed E-state index contributed by atoms with van der Waals surface area (Å²) in [6.07, 6.45) is 7.81. The lowest BCUT2D eigenvalue weighted by atomic mass is 9.48. The largest absolute Gasteiger partial charge is 0.508 e. The topological polar surface area (TPSA) is 73.3 Å². The van der Waals surface area contributed by atoms with Gasteiger partial charge in [0.2, 0.25) is 0 Å². The molecule has 7 rings (SSSR count). The molecule has 4 aliphatic rings. The number of benzene rings is 2. The molecule has 0 amide bonds. The molecule has 0 radical (unpaired) electrons. The van der Waals surface area contributed by atoms with Crippen molar-refractivity contribution in [2.24, 2.45) is 17.8 Å². The molecule has 3 N–H and O–H groups in total. The van der Waals surface area contributed by atoms with Crippen LogP contribution in [0.25, 0.3) is 22.0 Å². The highest BCUT2D eigenvalue weighted by atomic mass is 16.4. The van der Waals surface area contributed by atoms with E-state index in [4.69, 9.17) is 0 Å². The van der Waals surface area contributed by atoms with E-state index in [-0.39, 0.29) is 11.1 Å². The summed E-state index contributed by atoms with van der Waals surface area (Å²) in [6, 6.07) is 13.7. The number of nitrogens with one attached hydrogen (secondary N) is 1. The van der Waals surface area contributed by atoms with E-state index in [0.717, 1.165) is 45.3 Å². The third-order valence-electron chi connectivity index (χ3n) is 7.79. The summed E-state index contributed by atoms with van der Waals surface area (Å²) in [6.45, 7) is 0. The van der Waals surface area contributed by atoms with E-state index < -0.39 is 5.97 Å². The Bertz CT molecular complexity index is 1110. The first kappa shape index (κ1) is 17.1. The molecule has 4 nitrogen and oxygen atoms in total. The van der Waals surface area contributed by atoms with E-state index >= 15 is 0 Å². The van der Waals surface area contributed by atoms with Crippen LogP contribution in [0.3, 0.4) is 0 Å². The lowest BCUT2D eigenvalue weighted by Gasteiger charge is -2.57. The summed E-state index contributed by atoms with van der Waals surface area (Å²) in [7, 11) is 0. The van der Waals surface area contributed by atoms with Gasteiger partial charge < -0.3 is 15.2 Å². The summed E-state index contributed by atoms with van der Waals surface area (Å²) in [5.74, 6) is 1.97. The average Bonchev–Trinajstić information content (AvgIpc) is 3.11. The van der Waals surface area contributed by atoms with Crippen LogP contribution in [0, 0.1) is 17.8 Å². The van der Waals surface area contributed by atoms with E-state index in [9.17, 15) is 15.0 Å². The molecule has 3 aromatic rings. The molecular weight excluding hydrogens is 362 g/mol. The summed E-state index contributed by atoms with van der Waals surface area (Å²) >= 11 is 0. The van der Waals surface area contributed by atoms with Crippen molar-refractivity contribution in [3.05, 3.63) is 53.7 Å². The third-order valence-corrected chi connectivity index (χ3v) is 7.79. The van der Waals surface area contributed by atoms with Crippen molar-refractivity contribution in [2.45, 2.75) is 43.9 Å². The fourth-order valence-corrected chi connectivity index (χ4v) is 7.01. The number of hydrogen-bond acceptors (Lipinski definition) is 2. The fourth-order valence-electron chi connectivity index (χ4n) is 7.01. The SMILES string of the molecule is O=C(O)c1cc2cc(-c3ccc(O)c(C45CC6CC(CC(C6)C4)C5)c3)ccc2[nH]1. The number of rotatable bonds is 3. The van der Waals surface area contributed by atoms with E-state index in [0.29, 0.717) is 5.75 Å². The van der Waals surface area contributed by atoms with Crippen LogP contribution in [0.5, 0.6) is 5.75 Å². The number of carbonyl (C=O) groups is 1. The number of aromatic amines is 1. The Balaban J connectivity index is 1.43. The zero-order chi connectivity index (χ0) is 19.8. The van der Waals surface area contributed by atoms with Crippen LogP contribution >= 0.6 is 0 Å². The van der Waals surface area contributed by atoms with Crippen LogP contribution < -0.4 is 0 Å². The summed E-state index contributed by atoms with van der Waals surface area (Å²) in [5.41, 5.74) is 4.45. The molecule has 0 unspecified atom stereocenters. The summed E-state index contributed by atoms with van der Waals surface area (Å²) in [4.78, 5) is 14.2. The van der Waals surface area contributed by atoms with Gasteiger partial charge in [-0.2, -0.15) is 0 Å². The van der Waals surface area contributed by atoms with Crippen molar-refractivity contribution < 1.29 is 15.0 Å². The van der Waals surface area contributed by atoms with Gasteiger partial charge in [0.05, 0.1) is 0 Å². The van der Waals surface area contributed by atoms with Crippen molar-refractivity contribution in [1.82, 2.24) is 4.98 Å². The van der Waals surface area contributed by atoms with Gasteiger partial charge in [-0.1, -0.05) is 12.1 Å². The van der Waals surface area contributed by atoms with Crippen molar-refractivity contribution in [1.29, 1.82) is 0 Å². The Kier molecular flexibility index (Phi) is 3.48. The molecular formula is C25H25NO3. The number of aromatic carboxylic acids is 1. The number of carboxylic acids is 1. The lowest BCUT2D eigenvalue weighted by Crippen LogP contribution is -2.48. The van der Waals surface area contributed by atoms with Crippen molar-refractivity contribution in [3.8, 4) is 16.9 Å². The molecule has 29 heavy (non-hydrogen) atoms. The minimum Gasteiger partial charge on any atom is -0.508 e. The van der Waals surface area contributed by atoms with Crippen LogP contribution in [-0.4, -0.2) is 21.2 Å². The molecule has 0 saturated heterocycles. The maximum Gasteiger partial charge on any atom is 0.352 e. The number of carboxylic acid groups (broad SMARTS) is 1. The first-order valence-electron chi connectivity index (χ1n) is 10.7. The molecule has 0 aliphatic heterocycles. The summed E-state index contributed by atoms with van der Waals surface area (Å²) < 4.78 is 0. The van der Waals surface area contributed by atoms with Crippen LogP contribution in [0.2, 0.25) is 0 Å². The summed E-state index contributed by atoms with van der Waals surface area (Å²) in [5, 5.41) is 20.9. The van der Waals surface area contributed by atoms with Crippen molar-refractivity contribution in [3.63, 3.8) is 0 Å². The van der Waals surface area contributed by atoms with Crippen molar-refractivity contribution in [2.75, 3.05) is 0 Å². The predicted molar refractivity (Wildman–Crippen MR) is 112 cm³/mol. The molecule has 2 aromatic carbocycles. The zero-order valence-electron chi connectivity index (χ0n) is 16.3. The molecule has 4 fully saturated rings. The van der Waals surface area contributed by atoms with E-state index in [1.54, 1.807) is 6.07 Å². The second-order valence-electron chi connectivity index (χ2n) is 9.72. The number of aromatic hydroxyl groups is 1. The van der Waals surface area contributed by atoms with Crippen LogP contribution in [-0.2, 0) is 5.41 Å². The van der Waals surface area contributed by atoms with Gasteiger partial charge in [0.1, 0.15) is 11.4 Å². The average molecular weight is 387 g/mol. The van der Waals surface area contributed by atoms with Gasteiger partial charge in [0.25, 0.3) is 0 Å². The van der Waals surface area contributed by atoms with Gasteiger partial charge >= 0.3 is 5.97 Å². The van der Waals surface area contributed by atoms with Gasteiger partial charge in [0, 0.05) is 16.5 Å². The molecule has 4 bridgehead atoms. The monoisotopic (exact) mass is 387 g/mol. The smallest absolute Gasteiger partial charge is 0.352 e. The van der Waals surface area contributed by atoms with Gasteiger partial charge in [-0.3, -0.25) is 0 Å². The highest BCUT2D eigenvalue weighted by Crippen LogP contribution is 2.62. The van der Waals surface area contributed by atoms with Crippen LogP contribution in [0.15, 0.2) is 42.5 Å². The molecule has 0 spiro atoms.